The van der Waals surface area contributed by atoms with Crippen LogP contribution in [0.15, 0.2) is 57.7 Å². The Morgan fingerprint density at radius 1 is 0.920 bits per heavy atom. The Labute approximate surface area is 139 Å². The van der Waals surface area contributed by atoms with Crippen LogP contribution in [-0.2, 0) is 6.18 Å². The van der Waals surface area contributed by atoms with Gasteiger partial charge in [-0.15, -0.1) is 0 Å². The van der Waals surface area contributed by atoms with Crippen LogP contribution in [0.25, 0.3) is 32.7 Å². The van der Waals surface area contributed by atoms with Crippen LogP contribution in [-0.4, -0.2) is 7.11 Å². The first-order valence-corrected chi connectivity index (χ1v) is 7.43. The minimum atomic E-state index is -4.49. The van der Waals surface area contributed by atoms with Crippen molar-refractivity contribution >= 4 is 32.7 Å². The predicted octanol–water partition coefficient (Wildman–Crippen LogP) is 5.13. The number of halogens is 3. The third-order valence-corrected chi connectivity index (χ3v) is 4.19. The largest absolute Gasteiger partial charge is 0.497 e. The Hall–Kier alpha value is -3.02. The lowest BCUT2D eigenvalue weighted by molar-refractivity contribution is -0.137. The molecule has 0 saturated carbocycles. The molecule has 0 fully saturated rings. The van der Waals surface area contributed by atoms with Gasteiger partial charge in [-0.3, -0.25) is 4.79 Å². The lowest BCUT2D eigenvalue weighted by Crippen LogP contribution is -2.06. The maximum absolute atomic E-state index is 13.1. The van der Waals surface area contributed by atoms with Crippen molar-refractivity contribution in [1.29, 1.82) is 0 Å². The van der Waals surface area contributed by atoms with E-state index >= 15 is 0 Å². The van der Waals surface area contributed by atoms with Gasteiger partial charge in [-0.1, -0.05) is 12.1 Å². The second kappa shape index (κ2) is 5.24. The Morgan fingerprint density at radius 2 is 1.64 bits per heavy atom. The van der Waals surface area contributed by atoms with Crippen LogP contribution in [0, 0.1) is 0 Å². The second-order valence-corrected chi connectivity index (χ2v) is 5.67. The summed E-state index contributed by atoms with van der Waals surface area (Å²) in [7, 11) is 1.47. The molecule has 4 rings (SSSR count). The van der Waals surface area contributed by atoms with Gasteiger partial charge in [0.15, 0.2) is 0 Å². The van der Waals surface area contributed by atoms with E-state index in [9.17, 15) is 18.0 Å². The smallest absolute Gasteiger partial charge is 0.416 e. The molecule has 0 aliphatic heterocycles. The third kappa shape index (κ3) is 2.41. The topological polar surface area (TPSA) is 39.4 Å². The van der Waals surface area contributed by atoms with Crippen LogP contribution in [0.1, 0.15) is 5.56 Å². The molecule has 0 bridgehead atoms. The molecule has 4 aromatic rings. The molecule has 1 aromatic heterocycles. The number of alkyl halides is 3. The van der Waals surface area contributed by atoms with Crippen molar-refractivity contribution in [1.82, 2.24) is 0 Å². The lowest BCUT2D eigenvalue weighted by Gasteiger charge is -2.10. The predicted molar refractivity (Wildman–Crippen MR) is 89.1 cm³/mol. The van der Waals surface area contributed by atoms with E-state index in [-0.39, 0.29) is 27.2 Å². The third-order valence-electron chi connectivity index (χ3n) is 4.19. The van der Waals surface area contributed by atoms with Crippen LogP contribution in [0.2, 0.25) is 0 Å². The van der Waals surface area contributed by atoms with Crippen molar-refractivity contribution in [2.45, 2.75) is 6.18 Å². The minimum Gasteiger partial charge on any atom is -0.497 e. The minimum absolute atomic E-state index is 0.129. The number of benzene rings is 3. The van der Waals surface area contributed by atoms with Gasteiger partial charge in [0.2, 0.25) is 5.43 Å². The quantitative estimate of drug-likeness (QED) is 0.355. The summed E-state index contributed by atoms with van der Waals surface area (Å²) >= 11 is 0. The highest BCUT2D eigenvalue weighted by molar-refractivity contribution is 6.08. The normalized spacial score (nSPS) is 12.2. The summed E-state index contributed by atoms with van der Waals surface area (Å²) in [6, 6.07) is 11.3. The number of rotatable bonds is 1. The Kier molecular flexibility index (Phi) is 3.25. The zero-order valence-electron chi connectivity index (χ0n) is 13.0. The van der Waals surface area contributed by atoms with Gasteiger partial charge in [-0.25, -0.2) is 0 Å². The average molecular weight is 344 g/mol. The zero-order chi connectivity index (χ0) is 17.8. The number of fused-ring (bicyclic) bond motifs is 4. The zero-order valence-corrected chi connectivity index (χ0v) is 13.0. The van der Waals surface area contributed by atoms with Gasteiger partial charge in [-0.05, 0) is 47.2 Å². The van der Waals surface area contributed by atoms with Crippen molar-refractivity contribution < 1.29 is 22.3 Å². The van der Waals surface area contributed by atoms with E-state index in [2.05, 4.69) is 0 Å². The molecule has 0 saturated heterocycles. The molecular weight excluding hydrogens is 333 g/mol. The molecule has 0 aliphatic carbocycles. The summed E-state index contributed by atoms with van der Waals surface area (Å²) in [4.78, 5) is 12.9. The van der Waals surface area contributed by atoms with Gasteiger partial charge >= 0.3 is 6.18 Å². The van der Waals surface area contributed by atoms with Crippen LogP contribution < -0.4 is 10.2 Å². The van der Waals surface area contributed by atoms with Gasteiger partial charge in [0.1, 0.15) is 16.9 Å². The molecule has 1 heterocycles. The summed E-state index contributed by atoms with van der Waals surface area (Å²) in [5.74, 6) is 0.468. The van der Waals surface area contributed by atoms with Gasteiger partial charge in [0.25, 0.3) is 0 Å². The van der Waals surface area contributed by atoms with E-state index in [1.807, 2.05) is 0 Å². The van der Waals surface area contributed by atoms with E-state index in [4.69, 9.17) is 9.15 Å². The van der Waals surface area contributed by atoms with E-state index in [1.165, 1.54) is 19.2 Å². The monoisotopic (exact) mass is 344 g/mol. The van der Waals surface area contributed by atoms with Gasteiger partial charge < -0.3 is 9.15 Å². The molecule has 0 spiro atoms. The SMILES string of the molecule is COc1ccc2oc3ccc4ccc(C(F)(F)F)cc4c3c(=O)c2c1. The number of methoxy groups -OCH3 is 1. The van der Waals surface area contributed by atoms with Crippen molar-refractivity contribution in [3.8, 4) is 5.75 Å². The number of hydrogen-bond acceptors (Lipinski definition) is 3. The number of hydrogen-bond donors (Lipinski definition) is 0. The van der Waals surface area contributed by atoms with Crippen LogP contribution in [0.3, 0.4) is 0 Å². The van der Waals surface area contributed by atoms with Crippen LogP contribution >= 0.6 is 0 Å². The summed E-state index contributed by atoms with van der Waals surface area (Å²) in [6.45, 7) is 0. The highest BCUT2D eigenvalue weighted by atomic mass is 19.4. The molecule has 25 heavy (non-hydrogen) atoms. The van der Waals surface area contributed by atoms with E-state index in [0.29, 0.717) is 16.7 Å². The molecule has 126 valence electrons. The van der Waals surface area contributed by atoms with Crippen molar-refractivity contribution in [3.63, 3.8) is 0 Å². The fourth-order valence-corrected chi connectivity index (χ4v) is 2.95. The molecule has 0 amide bonds. The summed E-state index contributed by atoms with van der Waals surface area (Å²) < 4.78 is 50.0. The Morgan fingerprint density at radius 3 is 2.36 bits per heavy atom. The van der Waals surface area contributed by atoms with E-state index in [0.717, 1.165) is 12.1 Å². The van der Waals surface area contributed by atoms with Crippen molar-refractivity contribution in [2.24, 2.45) is 0 Å². The fourth-order valence-electron chi connectivity index (χ4n) is 2.95. The maximum atomic E-state index is 13.1. The molecular formula is C19H11F3O3. The molecule has 3 aromatic carbocycles. The number of ether oxygens (including phenoxy) is 1. The summed E-state index contributed by atoms with van der Waals surface area (Å²) in [6.07, 6.45) is -4.49. The van der Waals surface area contributed by atoms with Crippen molar-refractivity contribution in [3.05, 3.63) is 64.3 Å². The van der Waals surface area contributed by atoms with Gasteiger partial charge in [0.05, 0.1) is 23.4 Å². The maximum Gasteiger partial charge on any atom is 0.416 e. The first-order valence-electron chi connectivity index (χ1n) is 7.43. The van der Waals surface area contributed by atoms with E-state index in [1.54, 1.807) is 24.3 Å². The fraction of sp³-hybridized carbons (Fsp3) is 0.105. The molecule has 3 nitrogen and oxygen atoms in total. The van der Waals surface area contributed by atoms with Gasteiger partial charge in [-0.2, -0.15) is 13.2 Å². The highest BCUT2D eigenvalue weighted by Gasteiger charge is 2.30. The summed E-state index contributed by atoms with van der Waals surface area (Å²) in [5, 5.41) is 1.14. The molecule has 0 radical (unpaired) electrons. The second-order valence-electron chi connectivity index (χ2n) is 5.67. The molecule has 0 atom stereocenters. The van der Waals surface area contributed by atoms with Crippen molar-refractivity contribution in [2.75, 3.05) is 7.11 Å². The first-order chi connectivity index (χ1) is 11.9. The Balaban J connectivity index is 2.18. The lowest BCUT2D eigenvalue weighted by atomic mass is 10.0. The Bertz CT molecular complexity index is 1190. The summed E-state index contributed by atoms with van der Waals surface area (Å²) in [5.41, 5.74) is -0.600. The first kappa shape index (κ1) is 15.5. The van der Waals surface area contributed by atoms with Crippen LogP contribution in [0.4, 0.5) is 13.2 Å². The van der Waals surface area contributed by atoms with Gasteiger partial charge in [0, 0.05) is 0 Å². The molecule has 0 unspecified atom stereocenters. The van der Waals surface area contributed by atoms with Crippen LogP contribution in [0.5, 0.6) is 5.75 Å². The standard InChI is InChI=1S/C19H11F3O3/c1-24-12-5-7-15-14(9-12)18(23)17-13-8-11(19(20,21)22)4-2-10(13)3-6-16(17)25-15/h2-9H,1H3. The average Bonchev–Trinajstić information content (AvgIpc) is 2.60. The molecule has 6 heteroatoms. The molecule has 0 N–H and O–H groups in total. The van der Waals surface area contributed by atoms with E-state index < -0.39 is 11.7 Å². The molecule has 0 aliphatic rings. The highest BCUT2D eigenvalue weighted by Crippen LogP contribution is 2.34.